The summed E-state index contributed by atoms with van der Waals surface area (Å²) >= 11 is 0. The van der Waals surface area contributed by atoms with E-state index in [0.29, 0.717) is 24.0 Å². The molecule has 1 aromatic rings. The number of aliphatic hydroxyl groups is 2. The van der Waals surface area contributed by atoms with Gasteiger partial charge < -0.3 is 10.2 Å². The summed E-state index contributed by atoms with van der Waals surface area (Å²) in [6.07, 6.45) is 2.61. The Hall–Kier alpha value is -1.68. The first-order valence-electron chi connectivity index (χ1n) is 6.35. The maximum atomic E-state index is 12.3. The van der Waals surface area contributed by atoms with E-state index in [2.05, 4.69) is 0 Å². The molecule has 94 valence electrons. The summed E-state index contributed by atoms with van der Waals surface area (Å²) in [6.45, 7) is 0. The van der Waals surface area contributed by atoms with Gasteiger partial charge in [0.15, 0.2) is 6.04 Å². The maximum absolute atomic E-state index is 12.3. The third kappa shape index (κ3) is 1.64. The van der Waals surface area contributed by atoms with Gasteiger partial charge in [0.05, 0.1) is 6.10 Å². The molecule has 1 amide bonds. The fourth-order valence-corrected chi connectivity index (χ4v) is 2.88. The third-order valence-electron chi connectivity index (χ3n) is 3.88. The van der Waals surface area contributed by atoms with Crippen molar-refractivity contribution in [3.8, 4) is 0 Å². The van der Waals surface area contributed by atoms with Crippen molar-refractivity contribution in [2.45, 2.75) is 37.8 Å². The molecular weight excluding hydrogens is 230 g/mol. The molecule has 0 radical (unpaired) electrons. The van der Waals surface area contributed by atoms with E-state index in [4.69, 9.17) is 0 Å². The summed E-state index contributed by atoms with van der Waals surface area (Å²) in [5.41, 5.74) is 1.19. The van der Waals surface area contributed by atoms with Crippen molar-refractivity contribution in [1.29, 1.82) is 0 Å². The number of hydrogen-bond acceptors (Lipinski definition) is 2. The lowest BCUT2D eigenvalue weighted by Gasteiger charge is -2.21. The highest BCUT2D eigenvalue weighted by atomic mass is 16.3. The van der Waals surface area contributed by atoms with Gasteiger partial charge >= 0.3 is 11.8 Å². The van der Waals surface area contributed by atoms with Crippen molar-refractivity contribution in [2.24, 2.45) is 0 Å². The second-order valence-corrected chi connectivity index (χ2v) is 5.01. The van der Waals surface area contributed by atoms with Crippen LogP contribution in [0.15, 0.2) is 24.3 Å². The molecule has 2 aliphatic rings. The number of carbonyl (C=O) groups excluding carboxylic acids is 1. The second kappa shape index (κ2) is 4.21. The van der Waals surface area contributed by atoms with E-state index in [1.807, 2.05) is 6.07 Å². The molecule has 1 fully saturated rings. The summed E-state index contributed by atoms with van der Waals surface area (Å²) in [5.74, 6) is -0.0542. The van der Waals surface area contributed by atoms with E-state index in [9.17, 15) is 15.0 Å². The number of fused-ring (bicyclic) bond motifs is 1. The molecule has 0 atom stereocenters. The fourth-order valence-electron chi connectivity index (χ4n) is 2.88. The Kier molecular flexibility index (Phi) is 2.67. The van der Waals surface area contributed by atoms with Crippen molar-refractivity contribution < 1.29 is 19.6 Å². The molecular formula is C14H16NO3+. The topological polar surface area (TPSA) is 60.5 Å². The zero-order valence-electron chi connectivity index (χ0n) is 10.0. The Morgan fingerprint density at radius 2 is 1.67 bits per heavy atom. The van der Waals surface area contributed by atoms with Gasteiger partial charge in [-0.1, -0.05) is 12.1 Å². The number of aliphatic hydroxyl groups excluding tert-OH is 2. The van der Waals surface area contributed by atoms with Gasteiger partial charge in [-0.05, 0) is 25.0 Å². The average Bonchev–Trinajstić information content (AvgIpc) is 2.64. The molecule has 1 aliphatic carbocycles. The van der Waals surface area contributed by atoms with E-state index >= 15 is 0 Å². The summed E-state index contributed by atoms with van der Waals surface area (Å²) in [4.78, 5) is 12.3. The molecule has 3 rings (SSSR count). The van der Waals surface area contributed by atoms with Crippen LogP contribution in [0.5, 0.6) is 0 Å². The van der Waals surface area contributed by atoms with Crippen LogP contribution in [-0.2, 0) is 0 Å². The predicted molar refractivity (Wildman–Crippen MR) is 66.0 cm³/mol. The fraction of sp³-hybridized carbons (Fsp3) is 0.429. The van der Waals surface area contributed by atoms with Crippen LogP contribution < -0.4 is 0 Å². The lowest BCUT2D eigenvalue weighted by atomic mass is 9.92. The molecule has 4 heteroatoms. The highest BCUT2D eigenvalue weighted by molar-refractivity contribution is 6.09. The smallest absolute Gasteiger partial charge is 0.423 e. The van der Waals surface area contributed by atoms with Gasteiger partial charge in [0.2, 0.25) is 0 Å². The largest absolute Gasteiger partial charge is 0.459 e. The predicted octanol–water partition coefficient (Wildman–Crippen LogP) is 1.46. The highest BCUT2D eigenvalue weighted by Gasteiger charge is 2.43. The first kappa shape index (κ1) is 11.4. The van der Waals surface area contributed by atoms with Crippen molar-refractivity contribution in [1.82, 2.24) is 0 Å². The Balaban J connectivity index is 1.95. The quantitative estimate of drug-likeness (QED) is 0.737. The van der Waals surface area contributed by atoms with E-state index in [1.165, 1.54) is 4.58 Å². The molecule has 0 aromatic heterocycles. The summed E-state index contributed by atoms with van der Waals surface area (Å²) in [7, 11) is 0. The van der Waals surface area contributed by atoms with E-state index in [0.717, 1.165) is 12.8 Å². The molecule has 0 saturated heterocycles. The number of nitrogens with zero attached hydrogens (tertiary/aromatic N) is 1. The minimum absolute atomic E-state index is 0.00769. The van der Waals surface area contributed by atoms with E-state index in [1.54, 1.807) is 18.2 Å². The normalized spacial score (nSPS) is 27.5. The molecule has 2 N–H and O–H groups in total. The van der Waals surface area contributed by atoms with Crippen LogP contribution in [0, 0.1) is 0 Å². The Morgan fingerprint density at radius 1 is 1.06 bits per heavy atom. The number of benzene rings is 1. The van der Waals surface area contributed by atoms with Gasteiger partial charge in [0.1, 0.15) is 11.1 Å². The monoisotopic (exact) mass is 246 g/mol. The molecule has 1 heterocycles. The third-order valence-corrected chi connectivity index (χ3v) is 3.88. The first-order chi connectivity index (χ1) is 8.68. The van der Waals surface area contributed by atoms with Crippen molar-refractivity contribution in [3.05, 3.63) is 35.4 Å². The number of hydrogen-bond donors (Lipinski definition) is 2. The van der Waals surface area contributed by atoms with Gasteiger partial charge in [-0.3, -0.25) is 0 Å². The Bertz CT molecular complexity index is 528. The number of carbonyl (C=O) groups is 1. The number of amides is 1. The molecule has 1 saturated carbocycles. The van der Waals surface area contributed by atoms with Gasteiger partial charge in [0.25, 0.3) is 0 Å². The van der Waals surface area contributed by atoms with Gasteiger partial charge in [-0.15, -0.1) is 4.58 Å². The van der Waals surface area contributed by atoms with E-state index in [-0.39, 0.29) is 24.0 Å². The van der Waals surface area contributed by atoms with Gasteiger partial charge in [-0.25, -0.2) is 4.79 Å². The van der Waals surface area contributed by atoms with E-state index < -0.39 is 0 Å². The molecule has 0 spiro atoms. The van der Waals surface area contributed by atoms with Crippen molar-refractivity contribution in [3.63, 3.8) is 0 Å². The molecule has 4 nitrogen and oxygen atoms in total. The summed E-state index contributed by atoms with van der Waals surface area (Å²) in [5, 5.41) is 19.7. The molecule has 18 heavy (non-hydrogen) atoms. The van der Waals surface area contributed by atoms with Crippen LogP contribution in [-0.4, -0.2) is 38.7 Å². The number of rotatable bonds is 1. The average molecular weight is 246 g/mol. The molecule has 0 unspecified atom stereocenters. The van der Waals surface area contributed by atoms with Crippen LogP contribution in [0.4, 0.5) is 0 Å². The SMILES string of the molecule is O=C1c2ccccc2C(O)=[N+]1C1CCC(O)CC1. The lowest BCUT2D eigenvalue weighted by molar-refractivity contribution is -0.482. The van der Waals surface area contributed by atoms with Crippen molar-refractivity contribution >= 4 is 11.8 Å². The molecule has 1 aromatic carbocycles. The van der Waals surface area contributed by atoms with Crippen LogP contribution in [0.25, 0.3) is 0 Å². The minimum Gasteiger partial charge on any atom is -0.459 e. The summed E-state index contributed by atoms with van der Waals surface area (Å²) in [6, 6.07) is 7.13. The Morgan fingerprint density at radius 3 is 2.28 bits per heavy atom. The van der Waals surface area contributed by atoms with Crippen LogP contribution in [0.1, 0.15) is 41.6 Å². The maximum Gasteiger partial charge on any atom is 0.423 e. The van der Waals surface area contributed by atoms with Crippen LogP contribution in [0.2, 0.25) is 0 Å². The van der Waals surface area contributed by atoms with Gasteiger partial charge in [0, 0.05) is 12.8 Å². The standard InChI is InChI=1S/C14H15NO3/c16-10-7-5-9(6-8-10)15-13(17)11-3-1-2-4-12(11)14(15)18/h1-4,9-10,16H,5-8H2/p+1. The molecule has 0 bridgehead atoms. The minimum atomic E-state index is -0.261. The van der Waals surface area contributed by atoms with Gasteiger partial charge in [-0.2, -0.15) is 0 Å². The van der Waals surface area contributed by atoms with Crippen LogP contribution in [0.3, 0.4) is 0 Å². The summed E-state index contributed by atoms with van der Waals surface area (Å²) < 4.78 is 1.50. The lowest BCUT2D eigenvalue weighted by Crippen LogP contribution is -2.36. The zero-order valence-corrected chi connectivity index (χ0v) is 10.0. The van der Waals surface area contributed by atoms with Crippen molar-refractivity contribution in [2.75, 3.05) is 0 Å². The molecule has 1 aliphatic heterocycles. The first-order valence-corrected chi connectivity index (χ1v) is 6.35. The zero-order chi connectivity index (χ0) is 12.7. The second-order valence-electron chi connectivity index (χ2n) is 5.01. The van der Waals surface area contributed by atoms with Crippen LogP contribution >= 0.6 is 0 Å². The Labute approximate surface area is 105 Å². The highest BCUT2D eigenvalue weighted by Crippen LogP contribution is 2.26.